The summed E-state index contributed by atoms with van der Waals surface area (Å²) in [5.41, 5.74) is 0. The highest BCUT2D eigenvalue weighted by Crippen LogP contribution is 2.27. The Morgan fingerprint density at radius 1 is 1.22 bits per heavy atom. The zero-order valence-electron chi connectivity index (χ0n) is 11.7. The van der Waals surface area contributed by atoms with Crippen molar-refractivity contribution in [2.75, 3.05) is 13.1 Å². The van der Waals surface area contributed by atoms with Crippen molar-refractivity contribution in [3.63, 3.8) is 0 Å². The van der Waals surface area contributed by atoms with Gasteiger partial charge >= 0.3 is 0 Å². The number of carbonyl (C=O) groups is 1. The van der Waals surface area contributed by atoms with E-state index in [1.54, 1.807) is 0 Å². The maximum atomic E-state index is 11.9. The van der Waals surface area contributed by atoms with E-state index in [-0.39, 0.29) is 5.91 Å². The van der Waals surface area contributed by atoms with Crippen LogP contribution in [-0.2, 0) is 4.79 Å². The van der Waals surface area contributed by atoms with Crippen molar-refractivity contribution < 1.29 is 4.79 Å². The second-order valence-corrected chi connectivity index (χ2v) is 6.13. The van der Waals surface area contributed by atoms with E-state index in [1.165, 1.54) is 38.5 Å². The van der Waals surface area contributed by atoms with Gasteiger partial charge in [0.15, 0.2) is 0 Å². The van der Waals surface area contributed by atoms with E-state index in [2.05, 4.69) is 17.6 Å². The first kappa shape index (κ1) is 13.9. The van der Waals surface area contributed by atoms with Gasteiger partial charge in [0, 0.05) is 12.5 Å². The van der Waals surface area contributed by atoms with Gasteiger partial charge in [-0.3, -0.25) is 4.79 Å². The number of hydrogen-bond acceptors (Lipinski definition) is 2. The van der Waals surface area contributed by atoms with Crippen LogP contribution in [0, 0.1) is 11.8 Å². The van der Waals surface area contributed by atoms with Crippen LogP contribution in [0.15, 0.2) is 0 Å². The molecule has 0 aromatic carbocycles. The smallest absolute Gasteiger partial charge is 0.220 e. The minimum absolute atomic E-state index is 0.271. The molecule has 1 amide bonds. The lowest BCUT2D eigenvalue weighted by Gasteiger charge is -2.23. The summed E-state index contributed by atoms with van der Waals surface area (Å²) in [4.78, 5) is 11.9. The molecule has 1 saturated heterocycles. The number of piperidine rings is 1. The van der Waals surface area contributed by atoms with E-state index >= 15 is 0 Å². The topological polar surface area (TPSA) is 41.1 Å². The molecule has 2 N–H and O–H groups in total. The molecule has 1 aliphatic heterocycles. The summed E-state index contributed by atoms with van der Waals surface area (Å²) in [7, 11) is 0. The van der Waals surface area contributed by atoms with Gasteiger partial charge in [0.2, 0.25) is 5.91 Å². The number of carbonyl (C=O) groups excluding carboxylic acids is 1. The quantitative estimate of drug-likeness (QED) is 0.789. The second kappa shape index (κ2) is 7.13. The summed E-state index contributed by atoms with van der Waals surface area (Å²) >= 11 is 0. The van der Waals surface area contributed by atoms with Gasteiger partial charge in [-0.25, -0.2) is 0 Å². The van der Waals surface area contributed by atoms with Crippen LogP contribution in [0.2, 0.25) is 0 Å². The Labute approximate surface area is 111 Å². The first-order valence-corrected chi connectivity index (χ1v) is 7.76. The molecule has 0 aromatic heterocycles. The van der Waals surface area contributed by atoms with Gasteiger partial charge in [0.25, 0.3) is 0 Å². The Morgan fingerprint density at radius 3 is 2.56 bits per heavy atom. The molecule has 2 aliphatic rings. The zero-order chi connectivity index (χ0) is 12.8. The monoisotopic (exact) mass is 252 g/mol. The summed E-state index contributed by atoms with van der Waals surface area (Å²) in [5.74, 6) is 1.76. The molecular weight excluding hydrogens is 224 g/mol. The van der Waals surface area contributed by atoms with Gasteiger partial charge in [-0.15, -0.1) is 0 Å². The molecule has 0 radical (unpaired) electrons. The molecule has 1 unspecified atom stereocenters. The number of nitrogens with one attached hydrogen (secondary N) is 2. The van der Waals surface area contributed by atoms with Crippen molar-refractivity contribution >= 4 is 5.91 Å². The van der Waals surface area contributed by atoms with Crippen LogP contribution in [0.25, 0.3) is 0 Å². The predicted octanol–water partition coefficient (Wildman–Crippen LogP) is 2.46. The molecule has 1 aliphatic carbocycles. The lowest BCUT2D eigenvalue weighted by atomic mass is 9.93. The van der Waals surface area contributed by atoms with E-state index in [0.717, 1.165) is 37.8 Å². The molecule has 2 fully saturated rings. The van der Waals surface area contributed by atoms with Crippen molar-refractivity contribution in [2.24, 2.45) is 11.8 Å². The highest BCUT2D eigenvalue weighted by molar-refractivity contribution is 5.76. The molecule has 1 atom stereocenters. The van der Waals surface area contributed by atoms with Crippen LogP contribution in [0.4, 0.5) is 0 Å². The number of amides is 1. The third-order valence-electron chi connectivity index (χ3n) is 4.73. The number of hydrogen-bond donors (Lipinski definition) is 2. The molecular formula is C15H28N2O. The maximum Gasteiger partial charge on any atom is 0.220 e. The van der Waals surface area contributed by atoms with Crippen molar-refractivity contribution in [3.05, 3.63) is 0 Å². The Balaban J connectivity index is 1.61. The van der Waals surface area contributed by atoms with Crippen LogP contribution in [0.5, 0.6) is 0 Å². The fourth-order valence-corrected chi connectivity index (χ4v) is 3.41. The summed E-state index contributed by atoms with van der Waals surface area (Å²) in [6, 6.07) is 0.382. The van der Waals surface area contributed by atoms with E-state index in [9.17, 15) is 4.79 Å². The molecule has 2 rings (SSSR count). The summed E-state index contributed by atoms with van der Waals surface area (Å²) in [5, 5.41) is 6.58. The van der Waals surface area contributed by atoms with Crippen molar-refractivity contribution in [1.29, 1.82) is 0 Å². The normalized spacial score (nSPS) is 24.1. The van der Waals surface area contributed by atoms with Crippen molar-refractivity contribution in [3.8, 4) is 0 Å². The average Bonchev–Trinajstić information content (AvgIpc) is 2.91. The van der Waals surface area contributed by atoms with E-state index < -0.39 is 0 Å². The minimum atomic E-state index is 0.271. The predicted molar refractivity (Wildman–Crippen MR) is 74.4 cm³/mol. The SMILES string of the molecule is CC(NC(=O)CCC1CCNCC1)C1CCCC1. The Bertz CT molecular complexity index is 255. The molecule has 3 heteroatoms. The van der Waals surface area contributed by atoms with Gasteiger partial charge in [-0.1, -0.05) is 12.8 Å². The van der Waals surface area contributed by atoms with Crippen LogP contribution >= 0.6 is 0 Å². The lowest BCUT2D eigenvalue weighted by molar-refractivity contribution is -0.122. The molecule has 0 aromatic rings. The van der Waals surface area contributed by atoms with Gasteiger partial charge in [0.1, 0.15) is 0 Å². The van der Waals surface area contributed by atoms with Gasteiger partial charge < -0.3 is 10.6 Å². The summed E-state index contributed by atoms with van der Waals surface area (Å²) in [6.07, 6.45) is 9.58. The summed E-state index contributed by atoms with van der Waals surface area (Å²) < 4.78 is 0. The summed E-state index contributed by atoms with van der Waals surface area (Å²) in [6.45, 7) is 4.44. The van der Waals surface area contributed by atoms with Crippen LogP contribution < -0.4 is 10.6 Å². The van der Waals surface area contributed by atoms with Crippen molar-refractivity contribution in [1.82, 2.24) is 10.6 Å². The molecule has 0 spiro atoms. The van der Waals surface area contributed by atoms with E-state index in [1.807, 2.05) is 0 Å². The third-order valence-corrected chi connectivity index (χ3v) is 4.73. The van der Waals surface area contributed by atoms with E-state index in [0.29, 0.717) is 6.04 Å². The first-order valence-electron chi connectivity index (χ1n) is 7.76. The average molecular weight is 252 g/mol. The molecule has 0 bridgehead atoms. The fourth-order valence-electron chi connectivity index (χ4n) is 3.41. The standard InChI is InChI=1S/C15H28N2O/c1-12(14-4-2-3-5-14)17-15(18)7-6-13-8-10-16-11-9-13/h12-14,16H,2-11H2,1H3,(H,17,18). The Kier molecular flexibility index (Phi) is 5.48. The van der Waals surface area contributed by atoms with Gasteiger partial charge in [-0.05, 0) is 64.0 Å². The number of rotatable bonds is 5. The first-order chi connectivity index (χ1) is 8.75. The lowest BCUT2D eigenvalue weighted by Crippen LogP contribution is -2.37. The highest BCUT2D eigenvalue weighted by Gasteiger charge is 2.23. The highest BCUT2D eigenvalue weighted by atomic mass is 16.1. The van der Waals surface area contributed by atoms with Crippen LogP contribution in [-0.4, -0.2) is 25.0 Å². The molecule has 104 valence electrons. The molecule has 18 heavy (non-hydrogen) atoms. The minimum Gasteiger partial charge on any atom is -0.353 e. The van der Waals surface area contributed by atoms with Crippen LogP contribution in [0.3, 0.4) is 0 Å². The van der Waals surface area contributed by atoms with Crippen molar-refractivity contribution in [2.45, 2.75) is 64.3 Å². The Hall–Kier alpha value is -0.570. The fraction of sp³-hybridized carbons (Fsp3) is 0.933. The molecule has 3 nitrogen and oxygen atoms in total. The molecule has 1 saturated carbocycles. The second-order valence-electron chi connectivity index (χ2n) is 6.13. The van der Waals surface area contributed by atoms with Gasteiger partial charge in [0.05, 0.1) is 0 Å². The third kappa shape index (κ3) is 4.27. The Morgan fingerprint density at radius 2 is 1.89 bits per heavy atom. The zero-order valence-corrected chi connectivity index (χ0v) is 11.7. The van der Waals surface area contributed by atoms with Gasteiger partial charge in [-0.2, -0.15) is 0 Å². The van der Waals surface area contributed by atoms with Crippen LogP contribution in [0.1, 0.15) is 58.3 Å². The molecule has 1 heterocycles. The largest absolute Gasteiger partial charge is 0.353 e. The van der Waals surface area contributed by atoms with E-state index in [4.69, 9.17) is 0 Å². The maximum absolute atomic E-state index is 11.9.